The molecule has 0 radical (unpaired) electrons. The molecule has 4 nitrogen and oxygen atoms in total. The number of hydrogen-bond acceptors (Lipinski definition) is 3. The molecule has 0 aromatic heterocycles. The molecule has 1 aromatic carbocycles. The second-order valence-corrected chi connectivity index (χ2v) is 7.41. The van der Waals surface area contributed by atoms with Crippen LogP contribution in [0.5, 0.6) is 0 Å². The average Bonchev–Trinajstić information content (AvgIpc) is 2.25. The Labute approximate surface area is 139 Å². The predicted molar refractivity (Wildman–Crippen MR) is 84.2 cm³/mol. The molecule has 21 heavy (non-hydrogen) atoms. The van der Waals surface area contributed by atoms with Crippen LogP contribution in [0.25, 0.3) is 0 Å². The Balaban J connectivity index is 0.00000220. The van der Waals surface area contributed by atoms with Crippen molar-refractivity contribution in [1.82, 2.24) is 4.72 Å². The molecule has 0 spiro atoms. The Hall–Kier alpha value is -0.110. The van der Waals surface area contributed by atoms with E-state index in [9.17, 15) is 12.8 Å². The first-order chi connectivity index (χ1) is 9.29. The van der Waals surface area contributed by atoms with Crippen LogP contribution >= 0.6 is 35.6 Å². The number of rotatable bonds is 3. The van der Waals surface area contributed by atoms with Gasteiger partial charge in [0.2, 0.25) is 10.0 Å². The molecule has 2 unspecified atom stereocenters. The van der Waals surface area contributed by atoms with Crippen LogP contribution in [0.4, 0.5) is 4.39 Å². The summed E-state index contributed by atoms with van der Waals surface area (Å²) in [5.41, 5.74) is 5.83. The second kappa shape index (κ2) is 7.44. The minimum Gasteiger partial charge on any atom is -0.328 e. The van der Waals surface area contributed by atoms with Crippen molar-refractivity contribution in [1.29, 1.82) is 0 Å². The third kappa shape index (κ3) is 4.68. The zero-order valence-corrected chi connectivity index (χ0v) is 14.1. The van der Waals surface area contributed by atoms with Gasteiger partial charge in [-0.2, -0.15) is 0 Å². The van der Waals surface area contributed by atoms with Gasteiger partial charge in [-0.15, -0.1) is 12.4 Å². The van der Waals surface area contributed by atoms with Crippen LogP contribution in [0.2, 0.25) is 10.0 Å². The van der Waals surface area contributed by atoms with E-state index in [1.54, 1.807) is 0 Å². The highest BCUT2D eigenvalue weighted by molar-refractivity contribution is 7.89. The van der Waals surface area contributed by atoms with Crippen LogP contribution in [0.1, 0.15) is 25.7 Å². The fourth-order valence-corrected chi connectivity index (χ4v) is 4.87. The van der Waals surface area contributed by atoms with Crippen molar-refractivity contribution in [3.63, 3.8) is 0 Å². The smallest absolute Gasteiger partial charge is 0.243 e. The van der Waals surface area contributed by atoms with Crippen LogP contribution < -0.4 is 10.5 Å². The fraction of sp³-hybridized carbons (Fsp3) is 0.500. The normalized spacial score (nSPS) is 22.7. The monoisotopic (exact) mass is 376 g/mol. The molecule has 1 aromatic rings. The number of nitrogens with two attached hydrogens (primary N) is 1. The summed E-state index contributed by atoms with van der Waals surface area (Å²) in [6.07, 6.45) is 3.02. The first-order valence-corrected chi connectivity index (χ1v) is 8.46. The summed E-state index contributed by atoms with van der Waals surface area (Å²) in [4.78, 5) is -0.290. The van der Waals surface area contributed by atoms with Gasteiger partial charge in [0.15, 0.2) is 0 Å². The van der Waals surface area contributed by atoms with Crippen molar-refractivity contribution in [2.75, 3.05) is 0 Å². The molecule has 0 heterocycles. The maximum absolute atomic E-state index is 13.1. The van der Waals surface area contributed by atoms with Gasteiger partial charge < -0.3 is 5.73 Å². The molecule has 0 amide bonds. The highest BCUT2D eigenvalue weighted by Gasteiger charge is 2.28. The van der Waals surface area contributed by atoms with E-state index in [1.807, 2.05) is 0 Å². The van der Waals surface area contributed by atoms with Gasteiger partial charge in [-0.25, -0.2) is 17.5 Å². The SMILES string of the molecule is Cl.NC1CCCC(NS(=O)(=O)c2c(Cl)cc(F)cc2Cl)C1. The molecule has 2 rings (SSSR count). The molecule has 1 saturated carbocycles. The van der Waals surface area contributed by atoms with Crippen LogP contribution in [0.15, 0.2) is 17.0 Å². The largest absolute Gasteiger partial charge is 0.328 e. The molecule has 9 heteroatoms. The van der Waals surface area contributed by atoms with E-state index >= 15 is 0 Å². The molecule has 0 saturated heterocycles. The summed E-state index contributed by atoms with van der Waals surface area (Å²) in [7, 11) is -3.90. The van der Waals surface area contributed by atoms with Gasteiger partial charge in [-0.05, 0) is 31.4 Å². The predicted octanol–water partition coefficient (Wildman–Crippen LogP) is 3.10. The zero-order valence-electron chi connectivity index (χ0n) is 11.0. The Morgan fingerprint density at radius 3 is 2.33 bits per heavy atom. The van der Waals surface area contributed by atoms with Crippen molar-refractivity contribution in [2.45, 2.75) is 42.7 Å². The lowest BCUT2D eigenvalue weighted by molar-refractivity contribution is 0.371. The van der Waals surface area contributed by atoms with Crippen LogP contribution in [-0.4, -0.2) is 20.5 Å². The van der Waals surface area contributed by atoms with Gasteiger partial charge in [0.25, 0.3) is 0 Å². The molecular formula is C12H16Cl3FN2O2S. The maximum Gasteiger partial charge on any atom is 0.243 e. The molecule has 1 aliphatic rings. The van der Waals surface area contributed by atoms with Crippen molar-refractivity contribution < 1.29 is 12.8 Å². The lowest BCUT2D eigenvalue weighted by atomic mass is 9.92. The van der Waals surface area contributed by atoms with E-state index < -0.39 is 15.8 Å². The number of hydrogen-bond donors (Lipinski definition) is 2. The Bertz CT molecular complexity index is 590. The molecular weight excluding hydrogens is 362 g/mol. The Morgan fingerprint density at radius 1 is 1.24 bits per heavy atom. The van der Waals surface area contributed by atoms with Crippen molar-refractivity contribution in [2.24, 2.45) is 5.73 Å². The fourth-order valence-electron chi connectivity index (χ4n) is 2.40. The van der Waals surface area contributed by atoms with Crippen molar-refractivity contribution in [3.8, 4) is 0 Å². The number of halogens is 4. The molecule has 0 aliphatic heterocycles. The summed E-state index contributed by atoms with van der Waals surface area (Å²) >= 11 is 11.6. The van der Waals surface area contributed by atoms with E-state index in [0.29, 0.717) is 12.8 Å². The lowest BCUT2D eigenvalue weighted by Gasteiger charge is -2.27. The molecule has 2 atom stereocenters. The molecule has 0 bridgehead atoms. The third-order valence-electron chi connectivity index (χ3n) is 3.27. The minimum atomic E-state index is -3.90. The average molecular weight is 378 g/mol. The van der Waals surface area contributed by atoms with Gasteiger partial charge in [-0.3, -0.25) is 0 Å². The van der Waals surface area contributed by atoms with Gasteiger partial charge in [0, 0.05) is 12.1 Å². The van der Waals surface area contributed by atoms with Gasteiger partial charge in [-0.1, -0.05) is 29.6 Å². The first-order valence-electron chi connectivity index (χ1n) is 6.22. The molecule has 1 aliphatic carbocycles. The second-order valence-electron chi connectivity index (χ2n) is 4.94. The number of benzene rings is 1. The minimum absolute atomic E-state index is 0. The zero-order chi connectivity index (χ0) is 14.9. The quantitative estimate of drug-likeness (QED) is 0.850. The standard InChI is InChI=1S/C12H15Cl2FN2O2S.ClH/c13-10-4-7(15)5-11(14)12(10)20(18,19)17-9-3-1-2-8(16)6-9;/h4-5,8-9,17H,1-3,6,16H2;1H. The van der Waals surface area contributed by atoms with Crippen LogP contribution in [0.3, 0.4) is 0 Å². The van der Waals surface area contributed by atoms with E-state index in [0.717, 1.165) is 25.0 Å². The van der Waals surface area contributed by atoms with Crippen LogP contribution in [-0.2, 0) is 10.0 Å². The Kier molecular flexibility index (Phi) is 6.71. The van der Waals surface area contributed by atoms with E-state index in [4.69, 9.17) is 28.9 Å². The van der Waals surface area contributed by atoms with Gasteiger partial charge in [0.05, 0.1) is 10.0 Å². The summed E-state index contributed by atoms with van der Waals surface area (Å²) in [6.45, 7) is 0. The highest BCUT2D eigenvalue weighted by atomic mass is 35.5. The summed E-state index contributed by atoms with van der Waals surface area (Å²) in [6, 6.07) is 1.58. The summed E-state index contributed by atoms with van der Waals surface area (Å²) < 4.78 is 40.3. The third-order valence-corrected chi connectivity index (χ3v) is 5.71. The number of nitrogens with one attached hydrogen (secondary N) is 1. The molecule has 3 N–H and O–H groups in total. The topological polar surface area (TPSA) is 72.2 Å². The molecule has 120 valence electrons. The van der Waals surface area contributed by atoms with E-state index in [1.165, 1.54) is 0 Å². The highest BCUT2D eigenvalue weighted by Crippen LogP contribution is 2.31. The van der Waals surface area contributed by atoms with Crippen molar-refractivity contribution >= 4 is 45.6 Å². The molecule has 1 fully saturated rings. The summed E-state index contributed by atoms with van der Waals surface area (Å²) in [5, 5.41) is -0.467. The van der Waals surface area contributed by atoms with Crippen LogP contribution in [0, 0.1) is 5.82 Å². The van der Waals surface area contributed by atoms with E-state index in [-0.39, 0.29) is 39.4 Å². The first kappa shape index (κ1) is 18.9. The van der Waals surface area contributed by atoms with Gasteiger partial charge >= 0.3 is 0 Å². The summed E-state index contributed by atoms with van der Waals surface area (Å²) in [5.74, 6) is -0.682. The number of sulfonamides is 1. The van der Waals surface area contributed by atoms with Crippen molar-refractivity contribution in [3.05, 3.63) is 28.0 Å². The Morgan fingerprint density at radius 2 is 1.81 bits per heavy atom. The maximum atomic E-state index is 13.1. The van der Waals surface area contributed by atoms with Gasteiger partial charge in [0.1, 0.15) is 10.7 Å². The lowest BCUT2D eigenvalue weighted by Crippen LogP contribution is -2.42. The van der Waals surface area contributed by atoms with E-state index in [2.05, 4.69) is 4.72 Å².